The fourth-order valence-corrected chi connectivity index (χ4v) is 4.26. The molecule has 0 saturated carbocycles. The first-order valence-corrected chi connectivity index (χ1v) is 8.19. The Hall–Kier alpha value is -1.59. The van der Waals surface area contributed by atoms with Gasteiger partial charge < -0.3 is 16.6 Å². The van der Waals surface area contributed by atoms with Gasteiger partial charge in [-0.25, -0.2) is 0 Å². The van der Waals surface area contributed by atoms with E-state index in [1.165, 1.54) is 12.8 Å². The van der Waals surface area contributed by atoms with E-state index in [1.54, 1.807) is 6.07 Å². The number of nitrogens with two attached hydrogens (primary N) is 2. The topological polar surface area (TPSA) is 92.6 Å². The molecule has 2 fully saturated rings. The molecular formula is C17H25N3O2. The second-order valence-corrected chi connectivity index (χ2v) is 6.54. The van der Waals surface area contributed by atoms with Crippen molar-refractivity contribution in [2.75, 3.05) is 13.1 Å². The molecule has 22 heavy (non-hydrogen) atoms. The number of hydrogen-bond acceptors (Lipinski definition) is 4. The van der Waals surface area contributed by atoms with Crippen LogP contribution in [0.3, 0.4) is 0 Å². The van der Waals surface area contributed by atoms with Gasteiger partial charge in [0.2, 0.25) is 0 Å². The molecule has 0 aliphatic carbocycles. The standard InChI is InChI=1S/C17H25N3O2/c18-7-2-8-20-12-5-6-13(20)10-11(9-12)14-3-1-4-15(16(14)21)17(19)22/h1,3-4,11-13,21H,2,5-10,18H2,(H2,19,22)/t11?,12-,13+. The van der Waals surface area contributed by atoms with E-state index >= 15 is 0 Å². The Morgan fingerprint density at radius 2 is 1.95 bits per heavy atom. The van der Waals surface area contributed by atoms with Crippen LogP contribution in [0.15, 0.2) is 18.2 Å². The van der Waals surface area contributed by atoms with Crippen LogP contribution >= 0.6 is 0 Å². The first kappa shape index (κ1) is 15.3. The van der Waals surface area contributed by atoms with Crippen molar-refractivity contribution in [3.63, 3.8) is 0 Å². The minimum atomic E-state index is -0.567. The zero-order chi connectivity index (χ0) is 15.7. The van der Waals surface area contributed by atoms with Gasteiger partial charge in [0.1, 0.15) is 5.75 Å². The van der Waals surface area contributed by atoms with Crippen molar-refractivity contribution in [1.29, 1.82) is 0 Å². The smallest absolute Gasteiger partial charge is 0.252 e. The van der Waals surface area contributed by atoms with Gasteiger partial charge >= 0.3 is 0 Å². The van der Waals surface area contributed by atoms with Crippen molar-refractivity contribution >= 4 is 5.91 Å². The second-order valence-electron chi connectivity index (χ2n) is 6.54. The maximum Gasteiger partial charge on any atom is 0.252 e. The number of aromatic hydroxyl groups is 1. The predicted molar refractivity (Wildman–Crippen MR) is 85.8 cm³/mol. The van der Waals surface area contributed by atoms with Crippen LogP contribution < -0.4 is 11.5 Å². The minimum absolute atomic E-state index is 0.0785. The lowest BCUT2D eigenvalue weighted by Crippen LogP contribution is -2.43. The monoisotopic (exact) mass is 303 g/mol. The van der Waals surface area contributed by atoms with E-state index in [0.29, 0.717) is 18.0 Å². The molecule has 0 aromatic heterocycles. The zero-order valence-electron chi connectivity index (χ0n) is 12.9. The summed E-state index contributed by atoms with van der Waals surface area (Å²) in [7, 11) is 0. The molecule has 2 bridgehead atoms. The van der Waals surface area contributed by atoms with Crippen LogP contribution in [0.25, 0.3) is 0 Å². The number of benzene rings is 1. The molecule has 2 saturated heterocycles. The van der Waals surface area contributed by atoms with Gasteiger partial charge in [-0.2, -0.15) is 0 Å². The minimum Gasteiger partial charge on any atom is -0.507 e. The Morgan fingerprint density at radius 3 is 2.55 bits per heavy atom. The summed E-state index contributed by atoms with van der Waals surface area (Å²) < 4.78 is 0. The quantitative estimate of drug-likeness (QED) is 0.769. The highest BCUT2D eigenvalue weighted by Crippen LogP contribution is 2.45. The number of hydrogen-bond donors (Lipinski definition) is 3. The van der Waals surface area contributed by atoms with Crippen molar-refractivity contribution in [2.45, 2.75) is 50.1 Å². The molecule has 1 unspecified atom stereocenters. The highest BCUT2D eigenvalue weighted by molar-refractivity contribution is 5.96. The molecule has 0 radical (unpaired) electrons. The third-order valence-corrected chi connectivity index (χ3v) is 5.28. The molecule has 5 N–H and O–H groups in total. The highest BCUT2D eigenvalue weighted by Gasteiger charge is 2.41. The number of nitrogens with zero attached hydrogens (tertiary/aromatic N) is 1. The average molecular weight is 303 g/mol. The van der Waals surface area contributed by atoms with Gasteiger partial charge in [0.25, 0.3) is 5.91 Å². The largest absolute Gasteiger partial charge is 0.507 e. The lowest BCUT2D eigenvalue weighted by molar-refractivity contribution is 0.0997. The number of rotatable bonds is 5. The van der Waals surface area contributed by atoms with Gasteiger partial charge in [-0.3, -0.25) is 9.69 Å². The molecule has 3 rings (SSSR count). The molecule has 2 aliphatic rings. The summed E-state index contributed by atoms with van der Waals surface area (Å²) in [6.07, 6.45) is 5.57. The number of primary amides is 1. The van der Waals surface area contributed by atoms with Crippen molar-refractivity contribution in [3.8, 4) is 5.75 Å². The van der Waals surface area contributed by atoms with Crippen LogP contribution in [0.1, 0.15) is 53.9 Å². The summed E-state index contributed by atoms with van der Waals surface area (Å²) in [5.74, 6) is -0.177. The van der Waals surface area contributed by atoms with Crippen molar-refractivity contribution in [2.24, 2.45) is 11.5 Å². The van der Waals surface area contributed by atoms with E-state index in [1.807, 2.05) is 12.1 Å². The molecule has 120 valence electrons. The fraction of sp³-hybridized carbons (Fsp3) is 0.588. The van der Waals surface area contributed by atoms with Crippen LogP contribution in [-0.4, -0.2) is 41.1 Å². The Labute approximate surface area is 131 Å². The summed E-state index contributed by atoms with van der Waals surface area (Å²) in [4.78, 5) is 14.0. The van der Waals surface area contributed by atoms with Gasteiger partial charge in [-0.05, 0) is 62.7 Å². The Morgan fingerprint density at radius 1 is 1.27 bits per heavy atom. The average Bonchev–Trinajstić information content (AvgIpc) is 2.73. The Kier molecular flexibility index (Phi) is 4.36. The number of carbonyl (C=O) groups is 1. The molecule has 1 aromatic rings. The van der Waals surface area contributed by atoms with Crippen molar-refractivity contribution in [1.82, 2.24) is 4.90 Å². The molecule has 1 amide bonds. The first-order chi connectivity index (χ1) is 10.6. The van der Waals surface area contributed by atoms with E-state index in [0.717, 1.165) is 37.9 Å². The third kappa shape index (κ3) is 2.71. The van der Waals surface area contributed by atoms with E-state index < -0.39 is 5.91 Å². The number of amides is 1. The van der Waals surface area contributed by atoms with E-state index in [4.69, 9.17) is 11.5 Å². The Balaban J connectivity index is 1.79. The van der Waals surface area contributed by atoms with Gasteiger partial charge in [-0.15, -0.1) is 0 Å². The summed E-state index contributed by atoms with van der Waals surface area (Å²) in [6, 6.07) is 6.49. The maximum atomic E-state index is 11.4. The highest BCUT2D eigenvalue weighted by atomic mass is 16.3. The van der Waals surface area contributed by atoms with E-state index in [2.05, 4.69) is 4.90 Å². The summed E-state index contributed by atoms with van der Waals surface area (Å²) in [5.41, 5.74) is 12.1. The lowest BCUT2D eigenvalue weighted by Gasteiger charge is -2.39. The fourth-order valence-electron chi connectivity index (χ4n) is 4.26. The van der Waals surface area contributed by atoms with Gasteiger partial charge in [0, 0.05) is 12.1 Å². The number of para-hydroxylation sites is 1. The molecule has 3 atom stereocenters. The van der Waals surface area contributed by atoms with Crippen molar-refractivity contribution in [3.05, 3.63) is 29.3 Å². The van der Waals surface area contributed by atoms with Gasteiger partial charge in [-0.1, -0.05) is 12.1 Å². The molecule has 5 nitrogen and oxygen atoms in total. The molecule has 2 aliphatic heterocycles. The van der Waals surface area contributed by atoms with Crippen LogP contribution in [-0.2, 0) is 0 Å². The summed E-state index contributed by atoms with van der Waals surface area (Å²) >= 11 is 0. The molecule has 1 aromatic carbocycles. The van der Waals surface area contributed by atoms with Gasteiger partial charge in [0.15, 0.2) is 0 Å². The molecular weight excluding hydrogens is 278 g/mol. The van der Waals surface area contributed by atoms with Crippen LogP contribution in [0.4, 0.5) is 0 Å². The first-order valence-electron chi connectivity index (χ1n) is 8.19. The zero-order valence-corrected chi connectivity index (χ0v) is 12.9. The number of phenols is 1. The van der Waals surface area contributed by atoms with Gasteiger partial charge in [0.05, 0.1) is 5.56 Å². The predicted octanol–water partition coefficient (Wildman–Crippen LogP) is 1.55. The number of carbonyl (C=O) groups excluding carboxylic acids is 1. The second kappa shape index (κ2) is 6.26. The number of piperidine rings is 1. The van der Waals surface area contributed by atoms with Crippen LogP contribution in [0.5, 0.6) is 5.75 Å². The SMILES string of the molecule is NCCCN1[C@@H]2CC[C@H]1CC(c1cccc(C(N)=O)c1O)C2. The van der Waals surface area contributed by atoms with Crippen LogP contribution in [0.2, 0.25) is 0 Å². The van der Waals surface area contributed by atoms with Crippen LogP contribution in [0, 0.1) is 0 Å². The molecule has 2 heterocycles. The summed E-state index contributed by atoms with van der Waals surface area (Å²) in [5, 5.41) is 10.4. The molecule has 5 heteroatoms. The molecule has 0 spiro atoms. The number of fused-ring (bicyclic) bond motifs is 2. The van der Waals surface area contributed by atoms with Crippen molar-refractivity contribution < 1.29 is 9.90 Å². The van der Waals surface area contributed by atoms with E-state index in [9.17, 15) is 9.90 Å². The third-order valence-electron chi connectivity index (χ3n) is 5.28. The Bertz CT molecular complexity index is 547. The summed E-state index contributed by atoms with van der Waals surface area (Å²) in [6.45, 7) is 1.81. The normalized spacial score (nSPS) is 28.0. The maximum absolute atomic E-state index is 11.4. The lowest BCUT2D eigenvalue weighted by atomic mass is 9.83. The van der Waals surface area contributed by atoms with E-state index in [-0.39, 0.29) is 11.3 Å².